The zero-order valence-corrected chi connectivity index (χ0v) is 14.9. The van der Waals surface area contributed by atoms with E-state index in [2.05, 4.69) is 15.5 Å². The minimum atomic E-state index is -0.293. The van der Waals surface area contributed by atoms with E-state index in [4.69, 9.17) is 4.42 Å². The third-order valence-corrected chi connectivity index (χ3v) is 4.16. The van der Waals surface area contributed by atoms with Crippen LogP contribution in [-0.4, -0.2) is 17.1 Å². The van der Waals surface area contributed by atoms with Gasteiger partial charge in [-0.15, -0.1) is 0 Å². The lowest BCUT2D eigenvalue weighted by Gasteiger charge is -2.08. The maximum Gasteiger partial charge on any atom is 0.272 e. The van der Waals surface area contributed by atoms with Crippen molar-refractivity contribution >= 4 is 29.1 Å². The second kappa shape index (κ2) is 8.14. The molecule has 0 unspecified atom stereocenters. The van der Waals surface area contributed by atoms with E-state index in [-0.39, 0.29) is 5.91 Å². The smallest absolute Gasteiger partial charge is 0.272 e. The maximum absolute atomic E-state index is 12.7. The predicted molar refractivity (Wildman–Crippen MR) is 111 cm³/mol. The fourth-order valence-electron chi connectivity index (χ4n) is 2.84. The first-order chi connectivity index (χ1) is 13.8. The van der Waals surface area contributed by atoms with Gasteiger partial charge in [-0.25, -0.2) is 10.4 Å². The van der Waals surface area contributed by atoms with Gasteiger partial charge in [-0.1, -0.05) is 48.5 Å². The highest BCUT2D eigenvalue weighted by molar-refractivity contribution is 6.07. The molecule has 0 aliphatic heterocycles. The van der Waals surface area contributed by atoms with Crippen LogP contribution in [0.2, 0.25) is 0 Å². The summed E-state index contributed by atoms with van der Waals surface area (Å²) in [5, 5.41) is 4.76. The van der Waals surface area contributed by atoms with Crippen molar-refractivity contribution in [3.8, 4) is 11.3 Å². The molecule has 0 spiro atoms. The molecule has 4 rings (SSSR count). The highest BCUT2D eigenvalue weighted by atomic mass is 16.3. The standard InChI is InChI=1S/C23H17N3O2/c27-23(26-24-14-6-10-18-11-7-15-28-18)20-16-22(17-8-2-1-3-9-17)25-21-13-5-4-12-19(20)21/h1-16H,(H,26,27)/b10-6-,24-14+. The monoisotopic (exact) mass is 367 g/mol. The number of nitrogens with zero attached hydrogens (tertiary/aromatic N) is 2. The fraction of sp³-hybridized carbons (Fsp3) is 0. The molecule has 0 saturated heterocycles. The Hall–Kier alpha value is -3.99. The number of pyridine rings is 1. The fourth-order valence-corrected chi connectivity index (χ4v) is 2.84. The second-order valence-corrected chi connectivity index (χ2v) is 6.03. The lowest BCUT2D eigenvalue weighted by molar-refractivity contribution is 0.0957. The van der Waals surface area contributed by atoms with Gasteiger partial charge in [-0.3, -0.25) is 4.79 Å². The van der Waals surface area contributed by atoms with Crippen LogP contribution in [0.3, 0.4) is 0 Å². The number of aromatic nitrogens is 1. The Kier molecular flexibility index (Phi) is 5.06. The van der Waals surface area contributed by atoms with Crippen LogP contribution in [0.5, 0.6) is 0 Å². The van der Waals surface area contributed by atoms with Gasteiger partial charge in [-0.2, -0.15) is 5.10 Å². The number of hydrogen-bond donors (Lipinski definition) is 1. The zero-order valence-electron chi connectivity index (χ0n) is 14.9. The number of amides is 1. The van der Waals surface area contributed by atoms with Gasteiger partial charge in [0, 0.05) is 17.2 Å². The number of hydrazone groups is 1. The summed E-state index contributed by atoms with van der Waals surface area (Å²) in [4.78, 5) is 17.4. The van der Waals surface area contributed by atoms with E-state index in [1.54, 1.807) is 30.5 Å². The van der Waals surface area contributed by atoms with Crippen LogP contribution in [0, 0.1) is 0 Å². The van der Waals surface area contributed by atoms with Crippen molar-refractivity contribution in [1.29, 1.82) is 0 Å². The van der Waals surface area contributed by atoms with Crippen LogP contribution >= 0.6 is 0 Å². The number of benzene rings is 2. The first-order valence-corrected chi connectivity index (χ1v) is 8.80. The molecule has 0 bridgehead atoms. The minimum Gasteiger partial charge on any atom is -0.465 e. The molecule has 2 aromatic heterocycles. The lowest BCUT2D eigenvalue weighted by atomic mass is 10.0. The van der Waals surface area contributed by atoms with Crippen molar-refractivity contribution in [1.82, 2.24) is 10.4 Å². The summed E-state index contributed by atoms with van der Waals surface area (Å²) in [6.45, 7) is 0. The van der Waals surface area contributed by atoms with Crippen molar-refractivity contribution in [3.63, 3.8) is 0 Å². The van der Waals surface area contributed by atoms with Gasteiger partial charge in [0.15, 0.2) is 0 Å². The van der Waals surface area contributed by atoms with Gasteiger partial charge in [0.2, 0.25) is 0 Å². The highest BCUT2D eigenvalue weighted by Crippen LogP contribution is 2.24. The molecule has 1 amide bonds. The van der Waals surface area contributed by atoms with Gasteiger partial charge in [-0.05, 0) is 36.4 Å². The van der Waals surface area contributed by atoms with Crippen LogP contribution in [-0.2, 0) is 0 Å². The van der Waals surface area contributed by atoms with E-state index >= 15 is 0 Å². The minimum absolute atomic E-state index is 0.293. The van der Waals surface area contributed by atoms with Crippen LogP contribution < -0.4 is 5.43 Å². The summed E-state index contributed by atoms with van der Waals surface area (Å²) in [5.41, 5.74) is 5.55. The Morgan fingerprint density at radius 2 is 1.82 bits per heavy atom. The van der Waals surface area contributed by atoms with Crippen molar-refractivity contribution in [2.45, 2.75) is 0 Å². The summed E-state index contributed by atoms with van der Waals surface area (Å²) >= 11 is 0. The Morgan fingerprint density at radius 3 is 2.64 bits per heavy atom. The molecule has 2 heterocycles. The third kappa shape index (κ3) is 3.88. The van der Waals surface area contributed by atoms with Crippen LogP contribution in [0.1, 0.15) is 16.1 Å². The molecule has 0 aliphatic carbocycles. The summed E-state index contributed by atoms with van der Waals surface area (Å²) in [6, 6.07) is 22.8. The summed E-state index contributed by atoms with van der Waals surface area (Å²) in [6.07, 6.45) is 6.55. The number of carbonyl (C=O) groups is 1. The molecule has 5 nitrogen and oxygen atoms in total. The molecule has 1 N–H and O–H groups in total. The zero-order chi connectivity index (χ0) is 19.2. The molecule has 4 aromatic rings. The summed E-state index contributed by atoms with van der Waals surface area (Å²) in [7, 11) is 0. The largest absolute Gasteiger partial charge is 0.465 e. The number of hydrogen-bond acceptors (Lipinski definition) is 4. The van der Waals surface area contributed by atoms with E-state index in [9.17, 15) is 4.79 Å². The van der Waals surface area contributed by atoms with Gasteiger partial charge in [0.1, 0.15) is 5.76 Å². The first-order valence-electron chi connectivity index (χ1n) is 8.80. The Labute approximate surface area is 162 Å². The van der Waals surface area contributed by atoms with Crippen molar-refractivity contribution < 1.29 is 9.21 Å². The highest BCUT2D eigenvalue weighted by Gasteiger charge is 2.13. The van der Waals surface area contributed by atoms with E-state index < -0.39 is 0 Å². The number of nitrogens with one attached hydrogen (secondary N) is 1. The number of carbonyl (C=O) groups excluding carboxylic acids is 1. The van der Waals surface area contributed by atoms with E-state index in [1.165, 1.54) is 6.21 Å². The number of furan rings is 1. The number of allylic oxidation sites excluding steroid dienone is 1. The van der Waals surface area contributed by atoms with Crippen LogP contribution in [0.15, 0.2) is 94.7 Å². The Balaban J connectivity index is 1.60. The SMILES string of the molecule is O=C(N/N=C/C=C\c1ccco1)c1cc(-c2ccccc2)nc2ccccc12. The second-order valence-electron chi connectivity index (χ2n) is 6.03. The Bertz CT molecular complexity index is 1150. The molecule has 28 heavy (non-hydrogen) atoms. The molecule has 136 valence electrons. The lowest BCUT2D eigenvalue weighted by Crippen LogP contribution is -2.18. The molecule has 0 fully saturated rings. The predicted octanol–water partition coefficient (Wildman–Crippen LogP) is 4.92. The average molecular weight is 367 g/mol. The van der Waals surface area contributed by atoms with Crippen molar-refractivity contribution in [3.05, 3.63) is 96.5 Å². The van der Waals surface area contributed by atoms with Gasteiger partial charge in [0.25, 0.3) is 5.91 Å². The maximum atomic E-state index is 12.7. The molecule has 0 radical (unpaired) electrons. The number of fused-ring (bicyclic) bond motifs is 1. The Morgan fingerprint density at radius 1 is 1.00 bits per heavy atom. The van der Waals surface area contributed by atoms with Gasteiger partial charge >= 0.3 is 0 Å². The van der Waals surface area contributed by atoms with E-state index in [0.717, 1.165) is 22.2 Å². The number of para-hydroxylation sites is 1. The molecule has 0 saturated carbocycles. The molecular weight excluding hydrogens is 350 g/mol. The summed E-state index contributed by atoms with van der Waals surface area (Å²) < 4.78 is 5.19. The van der Waals surface area contributed by atoms with E-state index in [0.29, 0.717) is 11.3 Å². The van der Waals surface area contributed by atoms with Gasteiger partial charge < -0.3 is 4.42 Å². The normalized spacial score (nSPS) is 11.4. The molecule has 0 atom stereocenters. The topological polar surface area (TPSA) is 67.5 Å². The third-order valence-electron chi connectivity index (χ3n) is 4.16. The molecule has 2 aromatic carbocycles. The summed E-state index contributed by atoms with van der Waals surface area (Å²) in [5.74, 6) is 0.420. The van der Waals surface area contributed by atoms with Gasteiger partial charge in [0.05, 0.1) is 23.0 Å². The van der Waals surface area contributed by atoms with Crippen LogP contribution in [0.25, 0.3) is 28.2 Å². The van der Waals surface area contributed by atoms with Crippen molar-refractivity contribution in [2.75, 3.05) is 0 Å². The first kappa shape index (κ1) is 17.4. The number of rotatable bonds is 5. The average Bonchev–Trinajstić information content (AvgIpc) is 3.27. The quantitative estimate of drug-likeness (QED) is 0.402. The molecular formula is C23H17N3O2. The molecule has 0 aliphatic rings. The van der Waals surface area contributed by atoms with Crippen molar-refractivity contribution in [2.24, 2.45) is 5.10 Å². The molecule has 5 heteroatoms. The van der Waals surface area contributed by atoms with Crippen LogP contribution in [0.4, 0.5) is 0 Å². The van der Waals surface area contributed by atoms with E-state index in [1.807, 2.05) is 60.7 Å².